The van der Waals surface area contributed by atoms with Crippen LogP contribution >= 0.6 is 11.6 Å². The number of nitrogens with zero attached hydrogens (tertiary/aromatic N) is 1. The number of halogens is 1. The van der Waals surface area contributed by atoms with E-state index in [-0.39, 0.29) is 40.3 Å². The number of nitrogens with one attached hydrogen (secondary N) is 1. The monoisotopic (exact) mass is 521 g/mol. The number of nitrogens with two attached hydrogens (primary N) is 1. The lowest BCUT2D eigenvalue weighted by atomic mass is 9.57. The number of anilines is 1. The fourth-order valence-corrected chi connectivity index (χ4v) is 5.84. The van der Waals surface area contributed by atoms with Crippen LogP contribution in [0.5, 0.6) is 5.75 Å². The van der Waals surface area contributed by atoms with E-state index >= 15 is 0 Å². The van der Waals surface area contributed by atoms with Crippen molar-refractivity contribution in [1.82, 2.24) is 4.90 Å². The van der Waals surface area contributed by atoms with Crippen LogP contribution in [0.25, 0.3) is 5.76 Å². The second kappa shape index (κ2) is 8.50. The molecule has 3 aliphatic carbocycles. The first kappa shape index (κ1) is 25.5. The Hall–Kier alpha value is -3.61. The van der Waals surface area contributed by atoms with E-state index in [1.807, 2.05) is 0 Å². The molecule has 0 radical (unpaired) electrons. The Kier molecular flexibility index (Phi) is 6.02. The number of benzene rings is 1. The van der Waals surface area contributed by atoms with Crippen LogP contribution in [0.15, 0.2) is 23.0 Å². The molecular formula is C23H24ClN3O9. The van der Waals surface area contributed by atoms with Gasteiger partial charge in [0.15, 0.2) is 11.4 Å². The molecule has 36 heavy (non-hydrogen) atoms. The molecule has 192 valence electrons. The number of aromatic hydroxyl groups is 1. The van der Waals surface area contributed by atoms with Crippen LogP contribution in [-0.4, -0.2) is 81.7 Å². The first-order chi connectivity index (χ1) is 16.8. The van der Waals surface area contributed by atoms with E-state index in [4.69, 9.17) is 17.3 Å². The van der Waals surface area contributed by atoms with Crippen molar-refractivity contribution in [1.29, 1.82) is 0 Å². The van der Waals surface area contributed by atoms with Gasteiger partial charge in [-0.1, -0.05) is 11.6 Å². The molecule has 13 heteroatoms. The summed E-state index contributed by atoms with van der Waals surface area (Å²) in [5.41, 5.74) is 1.38. The summed E-state index contributed by atoms with van der Waals surface area (Å²) in [4.78, 5) is 52.1. The highest BCUT2D eigenvalue weighted by Gasteiger charge is 2.64. The molecule has 12 nitrogen and oxygen atoms in total. The normalized spacial score (nSPS) is 27.4. The van der Waals surface area contributed by atoms with Crippen molar-refractivity contribution >= 4 is 46.6 Å². The molecule has 1 fully saturated rings. The number of hydrogen-bond donors (Lipinski definition) is 6. The summed E-state index contributed by atoms with van der Waals surface area (Å²) in [7, 11) is 4.14. The molecule has 0 aromatic heterocycles. The number of phenolic OH excluding ortho intramolecular Hbond substituents is 1. The van der Waals surface area contributed by atoms with Gasteiger partial charge in [-0.2, -0.15) is 0 Å². The summed E-state index contributed by atoms with van der Waals surface area (Å²) in [5, 5.41) is 46.4. The number of methoxy groups -OCH3 is 1. The first-order valence-corrected chi connectivity index (χ1v) is 11.2. The van der Waals surface area contributed by atoms with E-state index in [0.717, 1.165) is 13.2 Å². The van der Waals surface area contributed by atoms with Crippen molar-refractivity contribution in [2.75, 3.05) is 26.5 Å². The number of rotatable bonds is 3. The molecule has 0 saturated heterocycles. The Bertz CT molecular complexity index is 1300. The zero-order valence-electron chi connectivity index (χ0n) is 19.5. The molecule has 0 bridgehead atoms. The van der Waals surface area contributed by atoms with Crippen LogP contribution in [0, 0.1) is 11.8 Å². The molecule has 4 rings (SSSR count). The number of ether oxygens (including phenoxy) is 1. The number of fused-ring (bicyclic) bond motifs is 3. The number of aliphatic hydroxyl groups is 3. The number of carbonyl (C=O) groups excluding carboxylic acids is 4. The third-order valence-electron chi connectivity index (χ3n) is 7.09. The van der Waals surface area contributed by atoms with Crippen molar-refractivity contribution in [3.8, 4) is 5.75 Å². The lowest BCUT2D eigenvalue weighted by molar-refractivity contribution is -0.153. The molecule has 0 spiro atoms. The molecule has 7 N–H and O–H groups in total. The first-order valence-electron chi connectivity index (χ1n) is 10.8. The Balaban J connectivity index is 1.97. The maximum absolute atomic E-state index is 13.7. The quantitative estimate of drug-likeness (QED) is 0.244. The zero-order valence-corrected chi connectivity index (χ0v) is 20.2. The molecule has 0 heterocycles. The fraction of sp³-hybridized carbons (Fsp3) is 0.391. The predicted molar refractivity (Wildman–Crippen MR) is 125 cm³/mol. The molecule has 4 unspecified atom stereocenters. The fourth-order valence-electron chi connectivity index (χ4n) is 5.58. The van der Waals surface area contributed by atoms with Gasteiger partial charge in [0, 0.05) is 17.6 Å². The van der Waals surface area contributed by atoms with Gasteiger partial charge in [0.25, 0.3) is 5.91 Å². The minimum atomic E-state index is -2.74. The van der Waals surface area contributed by atoms with Gasteiger partial charge in [-0.25, -0.2) is 4.79 Å². The standard InChI is InChI=1S/C23H24ClN3O9/c1-27(2)16-9-5-7-4-8-13(11(28)6-10(24)15(8)26-22(34)36-3)17(29)12(7)19(31)23(9,35)20(32)14(18(16)30)21(25)33/h6-7,9,16,28-29,32,35H,4-5H2,1-3H3,(H2,25,33)(H,26,34). The second-order valence-corrected chi connectivity index (χ2v) is 9.59. The van der Waals surface area contributed by atoms with Crippen molar-refractivity contribution in [3.05, 3.63) is 39.1 Å². The SMILES string of the molecule is COC(=O)Nc1c(Cl)cc(O)c2c1CC1CC3C(N(C)C)C(=O)C(C(N)=O)=C(O)C3(O)C(=O)C1=C2O. The number of primary amides is 1. The van der Waals surface area contributed by atoms with Gasteiger partial charge in [0.1, 0.15) is 22.8 Å². The average Bonchev–Trinajstić information content (AvgIpc) is 2.78. The van der Waals surface area contributed by atoms with Gasteiger partial charge in [0.05, 0.1) is 29.4 Å². The van der Waals surface area contributed by atoms with Crippen molar-refractivity contribution in [2.45, 2.75) is 24.5 Å². The Morgan fingerprint density at radius 1 is 1.25 bits per heavy atom. The van der Waals surface area contributed by atoms with Crippen molar-refractivity contribution in [2.24, 2.45) is 17.6 Å². The minimum absolute atomic E-state index is 0.0397. The highest BCUT2D eigenvalue weighted by molar-refractivity contribution is 6.34. The Labute approximate surface area is 209 Å². The van der Waals surface area contributed by atoms with E-state index in [9.17, 15) is 39.6 Å². The number of carbonyl (C=O) groups is 4. The summed E-state index contributed by atoms with van der Waals surface area (Å²) in [6, 6.07) is -0.153. The number of amides is 2. The molecule has 0 aliphatic heterocycles. The van der Waals surface area contributed by atoms with E-state index in [1.54, 1.807) is 0 Å². The molecule has 2 amide bonds. The largest absolute Gasteiger partial charge is 0.508 e. The third kappa shape index (κ3) is 3.36. The molecule has 1 aromatic rings. The average molecular weight is 522 g/mol. The van der Waals surface area contributed by atoms with Gasteiger partial charge >= 0.3 is 6.09 Å². The maximum atomic E-state index is 13.7. The van der Waals surface area contributed by atoms with Crippen LogP contribution in [0.2, 0.25) is 5.02 Å². The number of phenols is 1. The highest BCUT2D eigenvalue weighted by Crippen LogP contribution is 2.54. The second-order valence-electron chi connectivity index (χ2n) is 9.18. The summed E-state index contributed by atoms with van der Waals surface area (Å²) in [6.07, 6.45) is -1.01. The lowest BCUT2D eigenvalue weighted by Gasteiger charge is -2.50. The number of likely N-dealkylation sites (N-methyl/N-ethyl adjacent to an activating group) is 1. The third-order valence-corrected chi connectivity index (χ3v) is 7.39. The molecule has 4 atom stereocenters. The number of Topliss-reactive ketones (excluding diaryl/α,β-unsaturated/α-hetero) is 2. The van der Waals surface area contributed by atoms with Crippen LogP contribution < -0.4 is 11.1 Å². The van der Waals surface area contributed by atoms with Crippen LogP contribution in [0.3, 0.4) is 0 Å². The minimum Gasteiger partial charge on any atom is -0.508 e. The van der Waals surface area contributed by atoms with Crippen LogP contribution in [-0.2, 0) is 25.5 Å². The predicted octanol–water partition coefficient (Wildman–Crippen LogP) is 0.796. The van der Waals surface area contributed by atoms with Gasteiger partial charge in [-0.05, 0) is 38.4 Å². The van der Waals surface area contributed by atoms with E-state index in [0.29, 0.717) is 0 Å². The van der Waals surface area contributed by atoms with E-state index < -0.39 is 69.9 Å². The summed E-state index contributed by atoms with van der Waals surface area (Å²) in [5.74, 6) is -7.72. The van der Waals surface area contributed by atoms with E-state index in [1.165, 1.54) is 19.0 Å². The topological polar surface area (TPSA) is 200 Å². The smallest absolute Gasteiger partial charge is 0.411 e. The Morgan fingerprint density at radius 2 is 1.89 bits per heavy atom. The molecular weight excluding hydrogens is 498 g/mol. The lowest BCUT2D eigenvalue weighted by Crippen LogP contribution is -2.65. The van der Waals surface area contributed by atoms with Crippen molar-refractivity contribution in [3.63, 3.8) is 0 Å². The number of ketones is 2. The molecule has 3 aliphatic rings. The summed E-state index contributed by atoms with van der Waals surface area (Å²) in [6.45, 7) is 0. The van der Waals surface area contributed by atoms with E-state index in [2.05, 4.69) is 10.1 Å². The summed E-state index contributed by atoms with van der Waals surface area (Å²) >= 11 is 6.23. The number of aliphatic hydroxyl groups excluding tert-OH is 2. The van der Waals surface area contributed by atoms with Crippen LogP contribution in [0.4, 0.5) is 10.5 Å². The van der Waals surface area contributed by atoms with Gasteiger partial charge < -0.3 is 30.9 Å². The number of hydrogen-bond acceptors (Lipinski definition) is 10. The molecule has 1 aromatic carbocycles. The Morgan fingerprint density at radius 3 is 2.44 bits per heavy atom. The molecule has 1 saturated carbocycles. The maximum Gasteiger partial charge on any atom is 0.411 e. The van der Waals surface area contributed by atoms with Gasteiger partial charge in [0.2, 0.25) is 5.78 Å². The zero-order chi connectivity index (χ0) is 26.9. The highest BCUT2D eigenvalue weighted by atomic mass is 35.5. The van der Waals surface area contributed by atoms with Crippen LogP contribution in [0.1, 0.15) is 17.5 Å². The summed E-state index contributed by atoms with van der Waals surface area (Å²) < 4.78 is 4.61. The van der Waals surface area contributed by atoms with Gasteiger partial charge in [-0.15, -0.1) is 0 Å². The van der Waals surface area contributed by atoms with Crippen molar-refractivity contribution < 1.29 is 44.3 Å². The van der Waals surface area contributed by atoms with Gasteiger partial charge in [-0.3, -0.25) is 24.6 Å².